The van der Waals surface area contributed by atoms with E-state index in [9.17, 15) is 4.39 Å². The van der Waals surface area contributed by atoms with Gasteiger partial charge in [-0.2, -0.15) is 15.4 Å². The van der Waals surface area contributed by atoms with Gasteiger partial charge in [-0.05, 0) is 37.6 Å². The minimum absolute atomic E-state index is 0.207. The number of aromatic amines is 1. The fraction of sp³-hybridized carbons (Fsp3) is 0.158. The van der Waals surface area contributed by atoms with Gasteiger partial charge in [-0.1, -0.05) is 12.1 Å². The first-order valence-electron chi connectivity index (χ1n) is 8.21. The Morgan fingerprint density at radius 2 is 1.92 bits per heavy atom. The molecule has 3 heterocycles. The lowest BCUT2D eigenvalue weighted by atomic mass is 10.1. The number of hydrogen-bond donors (Lipinski definition) is 1. The largest absolute Gasteiger partial charge is 0.332 e. The summed E-state index contributed by atoms with van der Waals surface area (Å²) in [5, 5.41) is 10.8. The molecule has 0 saturated heterocycles. The van der Waals surface area contributed by atoms with Crippen molar-refractivity contribution in [3.8, 4) is 22.6 Å². The molecule has 0 fully saturated rings. The van der Waals surface area contributed by atoms with Crippen molar-refractivity contribution in [1.82, 2.24) is 29.9 Å². The van der Waals surface area contributed by atoms with Gasteiger partial charge in [-0.3, -0.25) is 4.98 Å². The smallest absolute Gasteiger partial charge is 0.128 e. The molecule has 4 aromatic rings. The van der Waals surface area contributed by atoms with Crippen LogP contribution >= 0.6 is 0 Å². The SMILES string of the molecule is Cc1ccc(Cn2cnc(-c3cc(-c4n[nH]nc4C)ccn3)c2)c(F)c1. The topological polar surface area (TPSA) is 72.3 Å². The monoisotopic (exact) mass is 348 g/mol. The third-order valence-corrected chi connectivity index (χ3v) is 4.21. The predicted octanol–water partition coefficient (Wildman–Crippen LogP) is 3.53. The van der Waals surface area contributed by atoms with Crippen LogP contribution < -0.4 is 0 Å². The Balaban J connectivity index is 1.61. The average Bonchev–Trinajstić information content (AvgIpc) is 3.27. The van der Waals surface area contributed by atoms with Crippen LogP contribution in [0, 0.1) is 19.7 Å². The summed E-state index contributed by atoms with van der Waals surface area (Å²) in [6.07, 6.45) is 5.27. The molecule has 1 aromatic carbocycles. The first-order valence-corrected chi connectivity index (χ1v) is 8.21. The highest BCUT2D eigenvalue weighted by molar-refractivity contribution is 5.67. The summed E-state index contributed by atoms with van der Waals surface area (Å²) >= 11 is 0. The van der Waals surface area contributed by atoms with Crippen LogP contribution in [0.15, 0.2) is 49.1 Å². The molecule has 0 bridgehead atoms. The normalized spacial score (nSPS) is 11.0. The Hall–Kier alpha value is -3.35. The standard InChI is InChI=1S/C19H17FN6/c1-12-3-4-15(16(20)7-12)9-26-10-18(22-11-26)17-8-14(5-6-21-17)19-13(2)23-25-24-19/h3-8,10-11H,9H2,1-2H3,(H,23,24,25). The summed E-state index contributed by atoms with van der Waals surface area (Å²) in [6.45, 7) is 4.18. The molecular formula is C19H17FN6. The van der Waals surface area contributed by atoms with Gasteiger partial charge in [-0.25, -0.2) is 9.37 Å². The van der Waals surface area contributed by atoms with Gasteiger partial charge in [0.05, 0.1) is 24.3 Å². The van der Waals surface area contributed by atoms with Gasteiger partial charge in [0.15, 0.2) is 0 Å². The molecular weight excluding hydrogens is 331 g/mol. The number of imidazole rings is 1. The van der Waals surface area contributed by atoms with Crippen molar-refractivity contribution >= 4 is 0 Å². The molecule has 0 amide bonds. The van der Waals surface area contributed by atoms with Crippen LogP contribution in [0.2, 0.25) is 0 Å². The molecule has 3 aromatic heterocycles. The number of H-pyrrole nitrogens is 1. The van der Waals surface area contributed by atoms with Gasteiger partial charge in [-0.15, -0.1) is 0 Å². The van der Waals surface area contributed by atoms with E-state index in [1.807, 2.05) is 42.8 Å². The van der Waals surface area contributed by atoms with Crippen molar-refractivity contribution in [3.63, 3.8) is 0 Å². The lowest BCUT2D eigenvalue weighted by Crippen LogP contribution is -1.99. The van der Waals surface area contributed by atoms with Gasteiger partial charge in [0.25, 0.3) is 0 Å². The van der Waals surface area contributed by atoms with E-state index in [2.05, 4.69) is 25.4 Å². The van der Waals surface area contributed by atoms with Crippen LogP contribution in [-0.4, -0.2) is 29.9 Å². The van der Waals surface area contributed by atoms with E-state index in [-0.39, 0.29) is 5.82 Å². The fourth-order valence-corrected chi connectivity index (χ4v) is 2.83. The highest BCUT2D eigenvalue weighted by Gasteiger charge is 2.11. The highest BCUT2D eigenvalue weighted by Crippen LogP contribution is 2.23. The number of hydrogen-bond acceptors (Lipinski definition) is 4. The van der Waals surface area contributed by atoms with Crippen LogP contribution in [0.4, 0.5) is 4.39 Å². The molecule has 130 valence electrons. The van der Waals surface area contributed by atoms with Gasteiger partial charge < -0.3 is 4.57 Å². The van der Waals surface area contributed by atoms with Crippen LogP contribution in [0.1, 0.15) is 16.8 Å². The Labute approximate surface area is 149 Å². The first-order chi connectivity index (χ1) is 12.6. The number of benzene rings is 1. The second kappa shape index (κ2) is 6.51. The van der Waals surface area contributed by atoms with Crippen molar-refractivity contribution in [2.75, 3.05) is 0 Å². The molecule has 26 heavy (non-hydrogen) atoms. The average molecular weight is 348 g/mol. The minimum Gasteiger partial charge on any atom is -0.332 e. The Kier molecular flexibility index (Phi) is 4.04. The summed E-state index contributed by atoms with van der Waals surface area (Å²) < 4.78 is 15.9. The maximum atomic E-state index is 14.1. The molecule has 1 N–H and O–H groups in total. The second-order valence-corrected chi connectivity index (χ2v) is 6.21. The van der Waals surface area contributed by atoms with Crippen molar-refractivity contribution in [2.24, 2.45) is 0 Å². The van der Waals surface area contributed by atoms with Crippen molar-refractivity contribution in [3.05, 3.63) is 71.7 Å². The highest BCUT2D eigenvalue weighted by atomic mass is 19.1. The fourth-order valence-electron chi connectivity index (χ4n) is 2.83. The lowest BCUT2D eigenvalue weighted by molar-refractivity contribution is 0.598. The molecule has 0 aliphatic heterocycles. The van der Waals surface area contributed by atoms with Gasteiger partial charge in [0.1, 0.15) is 17.2 Å². The van der Waals surface area contributed by atoms with Crippen LogP contribution in [0.5, 0.6) is 0 Å². The van der Waals surface area contributed by atoms with E-state index in [1.165, 1.54) is 0 Å². The van der Waals surface area contributed by atoms with Crippen LogP contribution in [0.25, 0.3) is 22.6 Å². The van der Waals surface area contributed by atoms with E-state index in [1.54, 1.807) is 24.7 Å². The molecule has 4 rings (SSSR count). The van der Waals surface area contributed by atoms with Gasteiger partial charge in [0.2, 0.25) is 0 Å². The molecule has 6 nitrogen and oxygen atoms in total. The quantitative estimate of drug-likeness (QED) is 0.612. The van der Waals surface area contributed by atoms with E-state index in [0.29, 0.717) is 12.1 Å². The number of aryl methyl sites for hydroxylation is 2. The predicted molar refractivity (Wildman–Crippen MR) is 95.8 cm³/mol. The number of rotatable bonds is 4. The number of nitrogens with zero attached hydrogens (tertiary/aromatic N) is 5. The molecule has 0 saturated carbocycles. The van der Waals surface area contributed by atoms with Crippen molar-refractivity contribution < 1.29 is 4.39 Å². The summed E-state index contributed by atoms with van der Waals surface area (Å²) in [5.74, 6) is -0.207. The molecule has 0 aliphatic carbocycles. The molecule has 0 unspecified atom stereocenters. The third kappa shape index (κ3) is 3.11. The van der Waals surface area contributed by atoms with Crippen molar-refractivity contribution in [1.29, 1.82) is 0 Å². The lowest BCUT2D eigenvalue weighted by Gasteiger charge is -2.05. The van der Waals surface area contributed by atoms with Crippen molar-refractivity contribution in [2.45, 2.75) is 20.4 Å². The third-order valence-electron chi connectivity index (χ3n) is 4.21. The van der Waals surface area contributed by atoms with Gasteiger partial charge in [0, 0.05) is 23.5 Å². The Morgan fingerprint density at radius 3 is 2.69 bits per heavy atom. The molecule has 0 aliphatic rings. The van der Waals surface area contributed by atoms with Crippen LogP contribution in [-0.2, 0) is 6.54 Å². The van der Waals surface area contributed by atoms with E-state index in [4.69, 9.17) is 0 Å². The van der Waals surface area contributed by atoms with Gasteiger partial charge >= 0.3 is 0 Å². The Morgan fingerprint density at radius 1 is 1.04 bits per heavy atom. The Bertz CT molecular complexity index is 1070. The summed E-state index contributed by atoms with van der Waals surface area (Å²) in [6, 6.07) is 9.05. The zero-order chi connectivity index (χ0) is 18.1. The summed E-state index contributed by atoms with van der Waals surface area (Å²) in [7, 11) is 0. The second-order valence-electron chi connectivity index (χ2n) is 6.21. The molecule has 0 atom stereocenters. The molecule has 0 radical (unpaired) electrons. The van der Waals surface area contributed by atoms with E-state index in [0.717, 1.165) is 33.9 Å². The minimum atomic E-state index is -0.207. The number of halogens is 1. The number of nitrogens with one attached hydrogen (secondary N) is 1. The number of aromatic nitrogens is 6. The molecule has 0 spiro atoms. The van der Waals surface area contributed by atoms with E-state index < -0.39 is 0 Å². The van der Waals surface area contributed by atoms with Crippen LogP contribution in [0.3, 0.4) is 0 Å². The van der Waals surface area contributed by atoms with E-state index >= 15 is 0 Å². The summed E-state index contributed by atoms with van der Waals surface area (Å²) in [4.78, 5) is 8.80. The summed E-state index contributed by atoms with van der Waals surface area (Å²) in [5.41, 5.74) is 5.51. The maximum absolute atomic E-state index is 14.1. The zero-order valence-corrected chi connectivity index (χ0v) is 14.4. The zero-order valence-electron chi connectivity index (χ0n) is 14.4. The maximum Gasteiger partial charge on any atom is 0.128 e. The number of pyridine rings is 1. The first kappa shape index (κ1) is 16.1. The molecule has 7 heteroatoms.